The number of carbonyl (C=O) groups excluding carboxylic acids is 1. The lowest BCUT2D eigenvalue weighted by Crippen LogP contribution is -2.33. The molecular formula is C17H22FN3O5S2. The molecule has 1 fully saturated rings. The highest BCUT2D eigenvalue weighted by Gasteiger charge is 2.32. The number of amidine groups is 1. The van der Waals surface area contributed by atoms with Crippen LogP contribution < -0.4 is 0 Å². The van der Waals surface area contributed by atoms with Gasteiger partial charge in [-0.15, -0.1) is 0 Å². The molecule has 1 aromatic rings. The normalized spacial score (nSPS) is 21.1. The average molecular weight is 432 g/mol. The third-order valence-corrected chi connectivity index (χ3v) is 5.09. The minimum absolute atomic E-state index is 0.0606. The maximum absolute atomic E-state index is 13.3. The predicted molar refractivity (Wildman–Crippen MR) is 107 cm³/mol. The third-order valence-electron chi connectivity index (χ3n) is 4.05. The number of carbonyl (C=O) groups is 1. The van der Waals surface area contributed by atoms with Crippen LogP contribution in [0.5, 0.6) is 5.75 Å². The number of phenols is 1. The number of aliphatic imine (C=N–C) groups is 1. The first-order valence-corrected chi connectivity index (χ1v) is 11.0. The summed E-state index contributed by atoms with van der Waals surface area (Å²) in [4.78, 5) is 20.8. The molecule has 0 aliphatic carbocycles. The second-order valence-electron chi connectivity index (χ2n) is 6.60. The molecular weight excluding hydrogens is 409 g/mol. The summed E-state index contributed by atoms with van der Waals surface area (Å²) in [6.45, 7) is 1.70. The van der Waals surface area contributed by atoms with Gasteiger partial charge in [-0.2, -0.15) is 13.4 Å². The monoisotopic (exact) mass is 431 g/mol. The van der Waals surface area contributed by atoms with E-state index in [0.717, 1.165) is 19.5 Å². The van der Waals surface area contributed by atoms with E-state index in [4.69, 9.17) is 4.55 Å². The van der Waals surface area contributed by atoms with Gasteiger partial charge in [0, 0.05) is 24.7 Å². The second kappa shape index (κ2) is 9.03. The molecule has 1 saturated heterocycles. The first-order chi connectivity index (χ1) is 12.9. The zero-order valence-corrected chi connectivity index (χ0v) is 17.3. The Morgan fingerprint density at radius 2 is 2.04 bits per heavy atom. The van der Waals surface area contributed by atoms with Crippen molar-refractivity contribution in [3.8, 4) is 5.75 Å². The van der Waals surface area contributed by atoms with E-state index in [1.807, 2.05) is 14.1 Å². The molecule has 0 unspecified atom stereocenters. The molecule has 1 aromatic carbocycles. The number of likely N-dealkylation sites (N-methyl/N-ethyl adjacent to an activating group) is 1. The molecule has 2 aliphatic heterocycles. The van der Waals surface area contributed by atoms with Crippen LogP contribution in [0.15, 0.2) is 28.1 Å². The molecule has 2 heterocycles. The van der Waals surface area contributed by atoms with Crippen LogP contribution in [-0.4, -0.2) is 78.4 Å². The summed E-state index contributed by atoms with van der Waals surface area (Å²) < 4.78 is 39.2. The van der Waals surface area contributed by atoms with Gasteiger partial charge < -0.3 is 14.9 Å². The number of halogens is 1. The van der Waals surface area contributed by atoms with Crippen molar-refractivity contribution in [3.05, 3.63) is 34.5 Å². The van der Waals surface area contributed by atoms with Gasteiger partial charge in [0.2, 0.25) is 0 Å². The molecule has 0 radical (unpaired) electrons. The van der Waals surface area contributed by atoms with Gasteiger partial charge in [0.15, 0.2) is 5.17 Å². The van der Waals surface area contributed by atoms with Gasteiger partial charge in [-0.05, 0) is 56.6 Å². The summed E-state index contributed by atoms with van der Waals surface area (Å²) in [5.74, 6) is -0.865. The molecule has 154 valence electrons. The number of nitrogens with zero attached hydrogens (tertiary/aromatic N) is 3. The van der Waals surface area contributed by atoms with Gasteiger partial charge in [0.05, 0.1) is 11.2 Å². The van der Waals surface area contributed by atoms with Crippen molar-refractivity contribution >= 4 is 39.0 Å². The Kier molecular flexibility index (Phi) is 7.21. The molecule has 11 heteroatoms. The molecule has 0 bridgehead atoms. The molecule has 0 spiro atoms. The first-order valence-electron chi connectivity index (χ1n) is 8.29. The highest BCUT2D eigenvalue weighted by molar-refractivity contribution is 8.18. The quantitative estimate of drug-likeness (QED) is 0.537. The second-order valence-corrected chi connectivity index (χ2v) is 9.07. The van der Waals surface area contributed by atoms with E-state index in [-0.39, 0.29) is 17.2 Å². The lowest BCUT2D eigenvalue weighted by molar-refractivity contribution is -0.113. The molecule has 1 atom stereocenters. The van der Waals surface area contributed by atoms with Crippen LogP contribution in [-0.2, 0) is 14.9 Å². The Morgan fingerprint density at radius 1 is 1.39 bits per heavy atom. The zero-order valence-electron chi connectivity index (χ0n) is 15.7. The number of hydrogen-bond donors (Lipinski definition) is 2. The standard InChI is InChI=1S/C16H18FN3O2S.CH4O3S/c1-19(2)12-5-6-20(9-12)16-18-15(22)14(23-16)8-10-7-11(17)3-4-13(10)21;1-5(2,3)4/h3-4,7-8,12,21H,5-6,9H2,1-2H3;1H3,(H,2,3,4)/b14-8-;/t12-;/m0./s1. The van der Waals surface area contributed by atoms with Gasteiger partial charge in [0.25, 0.3) is 16.0 Å². The number of likely N-dealkylation sites (tertiary alicyclic amines) is 1. The topological polar surface area (TPSA) is 111 Å². The third kappa shape index (κ3) is 6.59. The number of benzene rings is 1. The highest BCUT2D eigenvalue weighted by atomic mass is 32.2. The average Bonchev–Trinajstić information content (AvgIpc) is 3.17. The van der Waals surface area contributed by atoms with Crippen molar-refractivity contribution in [1.82, 2.24) is 9.80 Å². The zero-order chi connectivity index (χ0) is 21.1. The number of thioether (sulfide) groups is 1. The first kappa shape index (κ1) is 22.3. The van der Waals surface area contributed by atoms with Gasteiger partial charge >= 0.3 is 0 Å². The Labute approximate surface area is 167 Å². The summed E-state index contributed by atoms with van der Waals surface area (Å²) in [7, 11) is 0.419. The van der Waals surface area contributed by atoms with E-state index >= 15 is 0 Å². The van der Waals surface area contributed by atoms with Crippen molar-refractivity contribution in [2.45, 2.75) is 12.5 Å². The van der Waals surface area contributed by atoms with E-state index in [0.29, 0.717) is 22.4 Å². The van der Waals surface area contributed by atoms with E-state index in [2.05, 4.69) is 14.8 Å². The van der Waals surface area contributed by atoms with E-state index in [9.17, 15) is 22.7 Å². The molecule has 8 nitrogen and oxygen atoms in total. The Morgan fingerprint density at radius 3 is 2.61 bits per heavy atom. The Hall–Kier alpha value is -1.95. The van der Waals surface area contributed by atoms with Gasteiger partial charge in [-0.25, -0.2) is 4.39 Å². The summed E-state index contributed by atoms with van der Waals surface area (Å²) >= 11 is 1.27. The van der Waals surface area contributed by atoms with Gasteiger partial charge in [0.1, 0.15) is 11.6 Å². The van der Waals surface area contributed by atoms with Gasteiger partial charge in [-0.1, -0.05) is 0 Å². The number of rotatable bonds is 2. The maximum Gasteiger partial charge on any atom is 0.286 e. The van der Waals surface area contributed by atoms with Crippen LogP contribution in [0.4, 0.5) is 4.39 Å². The summed E-state index contributed by atoms with van der Waals surface area (Å²) in [5.41, 5.74) is 0.282. The number of phenolic OH excluding ortho intramolecular Hbond substituents is 1. The van der Waals surface area contributed by atoms with Crippen molar-refractivity contribution in [3.63, 3.8) is 0 Å². The molecule has 28 heavy (non-hydrogen) atoms. The van der Waals surface area contributed by atoms with Crippen molar-refractivity contribution in [2.75, 3.05) is 33.4 Å². The molecule has 1 amide bonds. The summed E-state index contributed by atoms with van der Waals surface area (Å²) in [6.07, 6.45) is 3.24. The molecule has 2 N–H and O–H groups in total. The lowest BCUT2D eigenvalue weighted by atomic mass is 10.2. The van der Waals surface area contributed by atoms with E-state index in [1.165, 1.54) is 36.0 Å². The smallest absolute Gasteiger partial charge is 0.286 e. The van der Waals surface area contributed by atoms with Crippen molar-refractivity contribution in [2.24, 2.45) is 4.99 Å². The maximum atomic E-state index is 13.3. The fourth-order valence-corrected chi connectivity index (χ4v) is 3.59. The van der Waals surface area contributed by atoms with Crippen molar-refractivity contribution < 1.29 is 27.3 Å². The SMILES string of the molecule is CN(C)[C@H]1CCN(C2=NC(=O)/C(=C/c3cc(F)ccc3O)S2)C1.CS(=O)(=O)O. The van der Waals surface area contributed by atoms with E-state index < -0.39 is 15.9 Å². The van der Waals surface area contributed by atoms with Crippen LogP contribution in [0.2, 0.25) is 0 Å². The fraction of sp³-hybridized carbons (Fsp3) is 0.412. The van der Waals surface area contributed by atoms with Crippen LogP contribution in [0, 0.1) is 5.82 Å². The molecule has 0 saturated carbocycles. The van der Waals surface area contributed by atoms with Crippen LogP contribution in [0.25, 0.3) is 6.08 Å². The highest BCUT2D eigenvalue weighted by Crippen LogP contribution is 2.33. The molecule has 3 rings (SSSR count). The lowest BCUT2D eigenvalue weighted by Gasteiger charge is -2.20. The number of aromatic hydroxyl groups is 1. The largest absolute Gasteiger partial charge is 0.507 e. The Balaban J connectivity index is 0.000000500. The van der Waals surface area contributed by atoms with Gasteiger partial charge in [-0.3, -0.25) is 9.35 Å². The molecule has 0 aromatic heterocycles. The van der Waals surface area contributed by atoms with Crippen LogP contribution >= 0.6 is 11.8 Å². The van der Waals surface area contributed by atoms with Crippen molar-refractivity contribution in [1.29, 1.82) is 0 Å². The van der Waals surface area contributed by atoms with E-state index in [1.54, 1.807) is 0 Å². The Bertz CT molecular complexity index is 907. The minimum Gasteiger partial charge on any atom is -0.507 e. The summed E-state index contributed by atoms with van der Waals surface area (Å²) in [5, 5.41) is 10.5. The number of amides is 1. The predicted octanol–water partition coefficient (Wildman–Crippen LogP) is 1.64. The molecule has 2 aliphatic rings. The summed E-state index contributed by atoms with van der Waals surface area (Å²) in [6, 6.07) is 4.10. The minimum atomic E-state index is -3.67. The number of hydrogen-bond acceptors (Lipinski definition) is 7. The van der Waals surface area contributed by atoms with Crippen LogP contribution in [0.3, 0.4) is 0 Å². The van der Waals surface area contributed by atoms with Crippen LogP contribution in [0.1, 0.15) is 12.0 Å². The fourth-order valence-electron chi connectivity index (χ4n) is 2.65.